The Morgan fingerprint density at radius 2 is 1.36 bits per heavy atom. The van der Waals surface area contributed by atoms with Crippen LogP contribution in [-0.4, -0.2) is 23.0 Å². The number of carbonyl (C=O) groups excluding carboxylic acids is 2. The van der Waals surface area contributed by atoms with Crippen molar-refractivity contribution in [2.45, 2.75) is 32.6 Å². The average Bonchev–Trinajstić information content (AvgIpc) is 2.49. The van der Waals surface area contributed by atoms with Crippen LogP contribution >= 0.6 is 0 Å². The van der Waals surface area contributed by atoms with Crippen LogP contribution in [0.5, 0.6) is 11.5 Å². The van der Waals surface area contributed by atoms with E-state index in [1.54, 1.807) is 24.3 Å². The Morgan fingerprint density at radius 3 is 1.82 bits per heavy atom. The summed E-state index contributed by atoms with van der Waals surface area (Å²) in [6.45, 7) is 1.31. The highest BCUT2D eigenvalue weighted by Crippen LogP contribution is 2.30. The Kier molecular flexibility index (Phi) is 5.14. The molecule has 118 valence electrons. The van der Waals surface area contributed by atoms with Crippen molar-refractivity contribution in [1.29, 1.82) is 0 Å². The molecule has 1 N–H and O–H groups in total. The van der Waals surface area contributed by atoms with Gasteiger partial charge in [-0.05, 0) is 49.9 Å². The van der Waals surface area contributed by atoms with Gasteiger partial charge in [-0.3, -0.25) is 14.4 Å². The van der Waals surface area contributed by atoms with E-state index in [-0.39, 0.29) is 17.8 Å². The van der Waals surface area contributed by atoms with Gasteiger partial charge in [0.1, 0.15) is 11.5 Å². The minimum Gasteiger partial charge on any atom is -0.481 e. The van der Waals surface area contributed by atoms with Crippen LogP contribution in [0.2, 0.25) is 0 Å². The Bertz CT molecular complexity index is 555. The van der Waals surface area contributed by atoms with E-state index >= 15 is 0 Å². The zero-order chi connectivity index (χ0) is 16.1. The van der Waals surface area contributed by atoms with Gasteiger partial charge in [0.25, 0.3) is 0 Å². The monoisotopic (exact) mass is 306 g/mol. The highest BCUT2D eigenvalue weighted by Gasteiger charge is 2.30. The van der Waals surface area contributed by atoms with Crippen molar-refractivity contribution in [2.24, 2.45) is 11.8 Å². The van der Waals surface area contributed by atoms with Crippen LogP contribution in [0.25, 0.3) is 0 Å². The normalized spacial score (nSPS) is 21.0. The number of benzene rings is 1. The summed E-state index contributed by atoms with van der Waals surface area (Å²) >= 11 is 0. The van der Waals surface area contributed by atoms with Gasteiger partial charge in [0.15, 0.2) is 0 Å². The number of hydrogen-bond acceptors (Lipinski definition) is 5. The van der Waals surface area contributed by atoms with Crippen LogP contribution in [-0.2, 0) is 14.4 Å². The highest BCUT2D eigenvalue weighted by atomic mass is 16.5. The second kappa shape index (κ2) is 7.06. The van der Waals surface area contributed by atoms with E-state index in [0.717, 1.165) is 0 Å². The summed E-state index contributed by atoms with van der Waals surface area (Å²) < 4.78 is 10.2. The molecule has 1 fully saturated rings. The zero-order valence-corrected chi connectivity index (χ0v) is 12.3. The van der Waals surface area contributed by atoms with Crippen molar-refractivity contribution in [2.75, 3.05) is 0 Å². The SMILES string of the molecule is CC(=O)Oc1ccc(OC(=O)C2CCC(C(=O)O)CC2)cc1. The molecular formula is C16H18O6. The molecule has 0 unspecified atom stereocenters. The van der Waals surface area contributed by atoms with E-state index in [1.807, 2.05) is 0 Å². The average molecular weight is 306 g/mol. The van der Waals surface area contributed by atoms with E-state index in [0.29, 0.717) is 37.2 Å². The van der Waals surface area contributed by atoms with Crippen LogP contribution in [0.15, 0.2) is 24.3 Å². The van der Waals surface area contributed by atoms with Gasteiger partial charge in [-0.1, -0.05) is 0 Å². The molecule has 0 spiro atoms. The van der Waals surface area contributed by atoms with Crippen LogP contribution in [0, 0.1) is 11.8 Å². The molecule has 1 aliphatic carbocycles. The Morgan fingerprint density at radius 1 is 0.909 bits per heavy atom. The van der Waals surface area contributed by atoms with E-state index < -0.39 is 11.9 Å². The largest absolute Gasteiger partial charge is 0.481 e. The van der Waals surface area contributed by atoms with E-state index in [9.17, 15) is 14.4 Å². The maximum absolute atomic E-state index is 12.1. The van der Waals surface area contributed by atoms with E-state index in [1.165, 1.54) is 6.92 Å². The van der Waals surface area contributed by atoms with Gasteiger partial charge in [0, 0.05) is 6.92 Å². The number of carboxylic acids is 1. The zero-order valence-electron chi connectivity index (χ0n) is 12.3. The predicted octanol–water partition coefficient (Wildman–Crippen LogP) is 2.41. The molecule has 0 atom stereocenters. The first-order valence-corrected chi connectivity index (χ1v) is 7.18. The Labute approximate surface area is 128 Å². The summed E-state index contributed by atoms with van der Waals surface area (Å²) in [5, 5.41) is 8.93. The van der Waals surface area contributed by atoms with Gasteiger partial charge < -0.3 is 14.6 Å². The van der Waals surface area contributed by atoms with Gasteiger partial charge in [-0.2, -0.15) is 0 Å². The van der Waals surface area contributed by atoms with Crippen molar-refractivity contribution in [3.05, 3.63) is 24.3 Å². The van der Waals surface area contributed by atoms with Gasteiger partial charge >= 0.3 is 17.9 Å². The fraction of sp³-hybridized carbons (Fsp3) is 0.438. The summed E-state index contributed by atoms with van der Waals surface area (Å²) in [7, 11) is 0. The minimum absolute atomic E-state index is 0.260. The lowest BCUT2D eigenvalue weighted by Gasteiger charge is -2.24. The standard InChI is InChI=1S/C16H18O6/c1-10(17)21-13-6-8-14(9-7-13)22-16(20)12-4-2-11(3-5-12)15(18)19/h6-9,11-12H,2-5H2,1H3,(H,18,19). The molecule has 0 bridgehead atoms. The van der Waals surface area contributed by atoms with Crippen molar-refractivity contribution in [1.82, 2.24) is 0 Å². The van der Waals surface area contributed by atoms with Gasteiger partial charge in [0.2, 0.25) is 0 Å². The maximum atomic E-state index is 12.1. The molecule has 0 radical (unpaired) electrons. The summed E-state index contributed by atoms with van der Waals surface area (Å²) in [6.07, 6.45) is 2.06. The molecule has 6 nitrogen and oxygen atoms in total. The lowest BCUT2D eigenvalue weighted by molar-refractivity contribution is -0.146. The Hall–Kier alpha value is -2.37. The number of ether oxygens (including phenoxy) is 2. The highest BCUT2D eigenvalue weighted by molar-refractivity contribution is 5.76. The number of rotatable bonds is 4. The molecule has 1 aliphatic rings. The van der Waals surface area contributed by atoms with E-state index in [2.05, 4.69) is 0 Å². The first kappa shape index (κ1) is 16.0. The third-order valence-electron chi connectivity index (χ3n) is 3.71. The van der Waals surface area contributed by atoms with Crippen LogP contribution in [0.4, 0.5) is 0 Å². The van der Waals surface area contributed by atoms with Crippen LogP contribution in [0.1, 0.15) is 32.6 Å². The number of hydrogen-bond donors (Lipinski definition) is 1. The first-order chi connectivity index (χ1) is 10.5. The van der Waals surface area contributed by atoms with Crippen molar-refractivity contribution in [3.8, 4) is 11.5 Å². The molecule has 0 aliphatic heterocycles. The summed E-state index contributed by atoms with van der Waals surface area (Å²) in [5.74, 6) is -1.41. The fourth-order valence-corrected chi connectivity index (χ4v) is 2.52. The molecule has 0 aromatic heterocycles. The van der Waals surface area contributed by atoms with Crippen LogP contribution in [0.3, 0.4) is 0 Å². The third kappa shape index (κ3) is 4.31. The third-order valence-corrected chi connectivity index (χ3v) is 3.71. The number of carbonyl (C=O) groups is 3. The topological polar surface area (TPSA) is 89.9 Å². The molecule has 2 rings (SSSR count). The number of carboxylic acid groups (broad SMARTS) is 1. The molecule has 0 heterocycles. The number of esters is 2. The van der Waals surface area contributed by atoms with E-state index in [4.69, 9.17) is 14.6 Å². The molecule has 6 heteroatoms. The molecule has 22 heavy (non-hydrogen) atoms. The summed E-state index contributed by atoms with van der Waals surface area (Å²) in [6, 6.07) is 6.20. The second-order valence-corrected chi connectivity index (χ2v) is 5.37. The summed E-state index contributed by atoms with van der Waals surface area (Å²) in [5.41, 5.74) is 0. The first-order valence-electron chi connectivity index (χ1n) is 7.18. The molecular weight excluding hydrogens is 288 g/mol. The van der Waals surface area contributed by atoms with Gasteiger partial charge in [-0.15, -0.1) is 0 Å². The molecule has 1 saturated carbocycles. The van der Waals surface area contributed by atoms with Crippen molar-refractivity contribution >= 4 is 17.9 Å². The Balaban J connectivity index is 1.87. The van der Waals surface area contributed by atoms with Crippen molar-refractivity contribution in [3.63, 3.8) is 0 Å². The molecule has 0 saturated heterocycles. The lowest BCUT2D eigenvalue weighted by atomic mass is 9.82. The molecule has 1 aromatic carbocycles. The van der Waals surface area contributed by atoms with Crippen molar-refractivity contribution < 1.29 is 29.0 Å². The second-order valence-electron chi connectivity index (χ2n) is 5.37. The van der Waals surface area contributed by atoms with Crippen LogP contribution < -0.4 is 9.47 Å². The molecule has 1 aromatic rings. The number of aliphatic carboxylic acids is 1. The predicted molar refractivity (Wildman–Crippen MR) is 76.5 cm³/mol. The molecule has 0 amide bonds. The lowest BCUT2D eigenvalue weighted by Crippen LogP contribution is -2.28. The fourth-order valence-electron chi connectivity index (χ4n) is 2.52. The van der Waals surface area contributed by atoms with Gasteiger partial charge in [0.05, 0.1) is 11.8 Å². The van der Waals surface area contributed by atoms with Gasteiger partial charge in [-0.25, -0.2) is 0 Å². The summed E-state index contributed by atoms with van der Waals surface area (Å²) in [4.78, 5) is 33.7. The smallest absolute Gasteiger partial charge is 0.314 e. The maximum Gasteiger partial charge on any atom is 0.314 e. The minimum atomic E-state index is -0.798. The quantitative estimate of drug-likeness (QED) is 0.678.